The minimum Gasteiger partial charge on any atom is -0.355 e. The van der Waals surface area contributed by atoms with Gasteiger partial charge in [0.2, 0.25) is 17.7 Å². The summed E-state index contributed by atoms with van der Waals surface area (Å²) in [6.07, 6.45) is 6.91. The zero-order chi connectivity index (χ0) is 31.5. The number of imide groups is 2. The van der Waals surface area contributed by atoms with E-state index < -0.39 is 29.7 Å². The lowest BCUT2D eigenvalue weighted by molar-refractivity contribution is -0.136. The number of unbranched alkanes of at least 4 members (excludes halogenated alkanes) is 3. The number of rotatable bonds is 11. The zero-order valence-electron chi connectivity index (χ0n) is 24.5. The summed E-state index contributed by atoms with van der Waals surface area (Å²) in [4.78, 5) is 80.1. The van der Waals surface area contributed by atoms with Crippen molar-refractivity contribution in [3.8, 4) is 0 Å². The summed E-state index contributed by atoms with van der Waals surface area (Å²) >= 11 is 0. The number of aromatic nitrogens is 2. The van der Waals surface area contributed by atoms with E-state index in [1.165, 1.54) is 18.2 Å². The van der Waals surface area contributed by atoms with Gasteiger partial charge in [-0.25, -0.2) is 0 Å². The largest absolute Gasteiger partial charge is 0.355 e. The topological polar surface area (TPSA) is 160 Å². The molecule has 12 heteroatoms. The highest BCUT2D eigenvalue weighted by Crippen LogP contribution is 2.29. The van der Waals surface area contributed by atoms with Crippen molar-refractivity contribution in [2.45, 2.75) is 51.1 Å². The normalized spacial score (nSPS) is 16.3. The Morgan fingerprint density at radius 3 is 2.38 bits per heavy atom. The first-order valence-corrected chi connectivity index (χ1v) is 15.0. The molecule has 0 radical (unpaired) electrons. The van der Waals surface area contributed by atoms with Crippen LogP contribution in [0.4, 0.5) is 0 Å². The van der Waals surface area contributed by atoms with Crippen LogP contribution in [0.5, 0.6) is 0 Å². The molecule has 45 heavy (non-hydrogen) atoms. The van der Waals surface area contributed by atoms with Gasteiger partial charge in [0.05, 0.1) is 22.8 Å². The summed E-state index contributed by atoms with van der Waals surface area (Å²) in [6, 6.07) is 13.2. The first-order chi connectivity index (χ1) is 21.8. The molecule has 0 bridgehead atoms. The highest BCUT2D eigenvalue weighted by atomic mass is 16.2. The van der Waals surface area contributed by atoms with E-state index in [9.17, 15) is 28.8 Å². The highest BCUT2D eigenvalue weighted by molar-refractivity contribution is 6.24. The smallest absolute Gasteiger partial charge is 0.262 e. The summed E-state index contributed by atoms with van der Waals surface area (Å²) in [5, 5.41) is 10.1. The fourth-order valence-corrected chi connectivity index (χ4v) is 6.01. The third-order valence-electron chi connectivity index (χ3n) is 8.29. The second kappa shape index (κ2) is 12.7. The monoisotopic (exact) mass is 608 g/mol. The average Bonchev–Trinajstić information content (AvgIpc) is 3.48. The molecule has 4 heterocycles. The number of hydrogen-bond donors (Lipinski definition) is 3. The number of amides is 6. The molecular formula is C33H32N6O6. The van der Waals surface area contributed by atoms with Crippen LogP contribution in [0.3, 0.4) is 0 Å². The maximum absolute atomic E-state index is 13.0. The maximum Gasteiger partial charge on any atom is 0.262 e. The molecule has 2 aliphatic heterocycles. The minimum atomic E-state index is -1.06. The zero-order valence-corrected chi connectivity index (χ0v) is 24.5. The van der Waals surface area contributed by atoms with Crippen LogP contribution in [-0.4, -0.2) is 69.0 Å². The third-order valence-corrected chi connectivity index (χ3v) is 8.29. The van der Waals surface area contributed by atoms with Gasteiger partial charge < -0.3 is 15.2 Å². The van der Waals surface area contributed by atoms with E-state index in [1.54, 1.807) is 12.4 Å². The molecule has 1 unspecified atom stereocenters. The van der Waals surface area contributed by atoms with Gasteiger partial charge in [-0.1, -0.05) is 31.0 Å². The predicted octanol–water partition coefficient (Wildman–Crippen LogP) is 2.70. The van der Waals surface area contributed by atoms with Gasteiger partial charge in [-0.3, -0.25) is 44.0 Å². The standard InChI is InChI=1S/C33H32N6O6/c40-28-12-11-26(31(43)37-28)39-32(44)23-10-9-20(17-24(23)33(39)45)30(42)36-15-6-2-1-5-14-35-29(41)19-38-25-8-4-3-7-21(25)22-13-16-34-18-27(22)38/h3-4,7-10,13,16-18,26H,1-2,5-6,11-12,14-15,19H2,(H,35,41)(H,36,42)(H,37,40,43). The lowest BCUT2D eigenvalue weighted by Gasteiger charge is -2.27. The van der Waals surface area contributed by atoms with Crippen LogP contribution in [0.2, 0.25) is 0 Å². The minimum absolute atomic E-state index is 0.0356. The summed E-state index contributed by atoms with van der Waals surface area (Å²) < 4.78 is 1.98. The maximum atomic E-state index is 13.0. The number of nitrogens with zero attached hydrogens (tertiary/aromatic N) is 3. The fraction of sp³-hybridized carbons (Fsp3) is 0.303. The van der Waals surface area contributed by atoms with Gasteiger partial charge in [0, 0.05) is 47.6 Å². The molecule has 0 saturated carbocycles. The lowest BCUT2D eigenvalue weighted by atomic mass is 10.0. The Hall–Kier alpha value is -5.39. The molecule has 6 rings (SSSR count). The second-order valence-corrected chi connectivity index (χ2v) is 11.2. The van der Waals surface area contributed by atoms with Crippen LogP contribution in [0.15, 0.2) is 60.9 Å². The highest BCUT2D eigenvalue weighted by Gasteiger charge is 2.44. The molecule has 6 amide bonds. The van der Waals surface area contributed by atoms with Crippen LogP contribution < -0.4 is 16.0 Å². The van der Waals surface area contributed by atoms with Crippen LogP contribution in [0.1, 0.15) is 69.6 Å². The van der Waals surface area contributed by atoms with Crippen molar-refractivity contribution in [1.29, 1.82) is 0 Å². The van der Waals surface area contributed by atoms with Gasteiger partial charge in [0.15, 0.2) is 0 Å². The Balaban J connectivity index is 0.919. The molecule has 0 spiro atoms. The van der Waals surface area contributed by atoms with Gasteiger partial charge in [-0.2, -0.15) is 0 Å². The fourth-order valence-electron chi connectivity index (χ4n) is 6.01. The van der Waals surface area contributed by atoms with Gasteiger partial charge in [-0.15, -0.1) is 0 Å². The molecule has 1 fully saturated rings. The van der Waals surface area contributed by atoms with Crippen LogP contribution in [0, 0.1) is 0 Å². The molecule has 2 aliphatic rings. The SMILES string of the molecule is O=C(Cn1c2ccccc2c2ccncc21)NCCCCCCNC(=O)c1ccc2c(c1)C(=O)N(C1CCC(=O)NC1=O)C2=O. The van der Waals surface area contributed by atoms with Gasteiger partial charge >= 0.3 is 0 Å². The molecule has 2 aromatic heterocycles. The van der Waals surface area contributed by atoms with Crippen molar-refractivity contribution >= 4 is 57.2 Å². The van der Waals surface area contributed by atoms with E-state index in [-0.39, 0.29) is 47.9 Å². The van der Waals surface area contributed by atoms with Crippen molar-refractivity contribution < 1.29 is 28.8 Å². The summed E-state index contributed by atoms with van der Waals surface area (Å²) in [6.45, 7) is 1.19. The number of carbonyl (C=O) groups is 6. The Labute approximate surface area is 258 Å². The number of piperidine rings is 1. The van der Waals surface area contributed by atoms with Crippen molar-refractivity contribution in [3.63, 3.8) is 0 Å². The molecule has 4 aromatic rings. The van der Waals surface area contributed by atoms with E-state index in [0.717, 1.165) is 52.4 Å². The van der Waals surface area contributed by atoms with E-state index in [4.69, 9.17) is 0 Å². The van der Waals surface area contributed by atoms with Gasteiger partial charge in [0.1, 0.15) is 12.6 Å². The predicted molar refractivity (Wildman–Crippen MR) is 164 cm³/mol. The Bertz CT molecular complexity index is 1810. The van der Waals surface area contributed by atoms with Crippen LogP contribution >= 0.6 is 0 Å². The summed E-state index contributed by atoms with van der Waals surface area (Å²) in [7, 11) is 0. The van der Waals surface area contributed by atoms with E-state index in [1.807, 2.05) is 34.9 Å². The van der Waals surface area contributed by atoms with Crippen LogP contribution in [0.25, 0.3) is 21.8 Å². The molecule has 3 N–H and O–H groups in total. The van der Waals surface area contributed by atoms with Crippen molar-refractivity contribution in [3.05, 3.63) is 77.6 Å². The van der Waals surface area contributed by atoms with E-state index in [0.29, 0.717) is 13.1 Å². The molecule has 1 saturated heterocycles. The molecule has 230 valence electrons. The summed E-state index contributed by atoms with van der Waals surface area (Å²) in [5.41, 5.74) is 2.34. The van der Waals surface area contributed by atoms with Gasteiger partial charge in [-0.05, 0) is 49.6 Å². The lowest BCUT2D eigenvalue weighted by Crippen LogP contribution is -2.54. The first kappa shape index (κ1) is 29.7. The molecule has 12 nitrogen and oxygen atoms in total. The average molecular weight is 609 g/mol. The molecule has 2 aromatic carbocycles. The molecule has 1 atom stereocenters. The number of hydrogen-bond acceptors (Lipinski definition) is 7. The van der Waals surface area contributed by atoms with Gasteiger partial charge in [0.25, 0.3) is 17.7 Å². The molecule has 0 aliphatic carbocycles. The van der Waals surface area contributed by atoms with Crippen molar-refractivity contribution in [2.24, 2.45) is 0 Å². The molecular weight excluding hydrogens is 576 g/mol. The Morgan fingerprint density at radius 1 is 0.844 bits per heavy atom. The Kier molecular flexibility index (Phi) is 8.37. The number of fused-ring (bicyclic) bond motifs is 4. The second-order valence-electron chi connectivity index (χ2n) is 11.2. The number of para-hydroxylation sites is 1. The number of benzene rings is 2. The van der Waals surface area contributed by atoms with E-state index >= 15 is 0 Å². The van der Waals surface area contributed by atoms with Crippen LogP contribution in [-0.2, 0) is 20.9 Å². The van der Waals surface area contributed by atoms with Crippen molar-refractivity contribution in [1.82, 2.24) is 30.4 Å². The van der Waals surface area contributed by atoms with E-state index in [2.05, 4.69) is 20.9 Å². The first-order valence-electron chi connectivity index (χ1n) is 15.0. The quantitative estimate of drug-likeness (QED) is 0.174. The third kappa shape index (κ3) is 5.91. The number of pyridine rings is 1. The number of carbonyl (C=O) groups excluding carboxylic acids is 6. The Morgan fingerprint density at radius 2 is 1.58 bits per heavy atom. The summed E-state index contributed by atoms with van der Waals surface area (Å²) in [5.74, 6) is -2.83. The van der Waals surface area contributed by atoms with Crippen molar-refractivity contribution in [2.75, 3.05) is 13.1 Å². The number of nitrogens with one attached hydrogen (secondary N) is 3.